The average molecular weight is 248 g/mol. The van der Waals surface area contributed by atoms with Gasteiger partial charge in [0.1, 0.15) is 0 Å². The zero-order chi connectivity index (χ0) is 13.6. The maximum absolute atomic E-state index is 11.7. The van der Waals surface area contributed by atoms with Crippen LogP contribution in [0.3, 0.4) is 0 Å². The first-order chi connectivity index (χ1) is 8.43. The monoisotopic (exact) mass is 248 g/mol. The van der Waals surface area contributed by atoms with Crippen LogP contribution in [0.4, 0.5) is 5.69 Å². The molecule has 0 aromatic heterocycles. The predicted molar refractivity (Wildman–Crippen MR) is 76.3 cm³/mol. The molecule has 0 aliphatic heterocycles. The van der Waals surface area contributed by atoms with Crippen molar-refractivity contribution in [3.8, 4) is 0 Å². The van der Waals surface area contributed by atoms with Crippen molar-refractivity contribution in [2.24, 2.45) is 5.41 Å². The largest absolute Gasteiger partial charge is 0.399 e. The topological polar surface area (TPSA) is 55.1 Å². The zero-order valence-corrected chi connectivity index (χ0v) is 11.6. The van der Waals surface area contributed by atoms with Crippen LogP contribution < -0.4 is 11.1 Å². The molecule has 0 heterocycles. The molecule has 3 heteroatoms. The average Bonchev–Trinajstić information content (AvgIpc) is 2.36. The first kappa shape index (κ1) is 14.6. The van der Waals surface area contributed by atoms with Crippen molar-refractivity contribution >= 4 is 11.6 Å². The lowest BCUT2D eigenvalue weighted by Crippen LogP contribution is -2.33. The number of carbonyl (C=O) groups is 1. The van der Waals surface area contributed by atoms with Gasteiger partial charge in [-0.05, 0) is 36.0 Å². The number of amides is 1. The number of nitrogens with one attached hydrogen (secondary N) is 1. The molecule has 0 aliphatic carbocycles. The molecule has 0 saturated heterocycles. The first-order valence-corrected chi connectivity index (χ1v) is 6.54. The Morgan fingerprint density at radius 1 is 1.28 bits per heavy atom. The molecular weight excluding hydrogens is 224 g/mol. The Balaban J connectivity index is 2.31. The molecule has 3 nitrogen and oxygen atoms in total. The van der Waals surface area contributed by atoms with E-state index >= 15 is 0 Å². The SMILES string of the molecule is CCC(C)(C)CNC(=O)CCc1ccc(N)cc1. The number of anilines is 1. The molecule has 0 spiro atoms. The Labute approximate surface area is 110 Å². The van der Waals surface area contributed by atoms with Gasteiger partial charge >= 0.3 is 0 Å². The van der Waals surface area contributed by atoms with E-state index < -0.39 is 0 Å². The van der Waals surface area contributed by atoms with Crippen LogP contribution in [-0.2, 0) is 11.2 Å². The Morgan fingerprint density at radius 2 is 1.89 bits per heavy atom. The number of hydrogen-bond acceptors (Lipinski definition) is 2. The summed E-state index contributed by atoms with van der Waals surface area (Å²) in [5.74, 6) is 0.119. The molecule has 0 aliphatic rings. The minimum Gasteiger partial charge on any atom is -0.399 e. The normalized spacial score (nSPS) is 11.3. The van der Waals surface area contributed by atoms with Crippen LogP contribution >= 0.6 is 0 Å². The molecule has 0 unspecified atom stereocenters. The predicted octanol–water partition coefficient (Wildman–Crippen LogP) is 2.75. The summed E-state index contributed by atoms with van der Waals surface area (Å²) < 4.78 is 0. The molecule has 0 fully saturated rings. The van der Waals surface area contributed by atoms with Crippen molar-refractivity contribution < 1.29 is 4.79 Å². The molecule has 1 aromatic carbocycles. The van der Waals surface area contributed by atoms with Gasteiger partial charge in [-0.25, -0.2) is 0 Å². The van der Waals surface area contributed by atoms with Gasteiger partial charge in [-0.2, -0.15) is 0 Å². The maximum Gasteiger partial charge on any atom is 0.220 e. The summed E-state index contributed by atoms with van der Waals surface area (Å²) in [4.78, 5) is 11.7. The smallest absolute Gasteiger partial charge is 0.220 e. The molecule has 0 bridgehead atoms. The van der Waals surface area contributed by atoms with E-state index in [2.05, 4.69) is 26.1 Å². The number of benzene rings is 1. The van der Waals surface area contributed by atoms with Crippen molar-refractivity contribution in [2.45, 2.75) is 40.0 Å². The molecular formula is C15H24N2O. The molecule has 100 valence electrons. The van der Waals surface area contributed by atoms with Crippen molar-refractivity contribution in [1.82, 2.24) is 5.32 Å². The highest BCUT2D eigenvalue weighted by Gasteiger charge is 2.15. The Kier molecular flexibility index (Phi) is 5.20. The van der Waals surface area contributed by atoms with Gasteiger partial charge in [0, 0.05) is 18.7 Å². The van der Waals surface area contributed by atoms with Gasteiger partial charge in [0.25, 0.3) is 0 Å². The van der Waals surface area contributed by atoms with E-state index in [1.54, 1.807) is 0 Å². The first-order valence-electron chi connectivity index (χ1n) is 6.54. The minimum absolute atomic E-state index is 0.119. The van der Waals surface area contributed by atoms with Gasteiger partial charge in [-0.1, -0.05) is 32.9 Å². The lowest BCUT2D eigenvalue weighted by molar-refractivity contribution is -0.121. The van der Waals surface area contributed by atoms with E-state index in [4.69, 9.17) is 5.73 Å². The van der Waals surface area contributed by atoms with E-state index in [-0.39, 0.29) is 11.3 Å². The molecule has 18 heavy (non-hydrogen) atoms. The van der Waals surface area contributed by atoms with Gasteiger partial charge in [-0.15, -0.1) is 0 Å². The Bertz CT molecular complexity index is 382. The fourth-order valence-corrected chi connectivity index (χ4v) is 1.49. The summed E-state index contributed by atoms with van der Waals surface area (Å²) in [6, 6.07) is 7.68. The summed E-state index contributed by atoms with van der Waals surface area (Å²) in [7, 11) is 0. The van der Waals surface area contributed by atoms with Crippen LogP contribution in [0.25, 0.3) is 0 Å². The molecule has 3 N–H and O–H groups in total. The van der Waals surface area contributed by atoms with Crippen LogP contribution in [0, 0.1) is 5.41 Å². The molecule has 0 atom stereocenters. The van der Waals surface area contributed by atoms with Gasteiger partial charge in [0.15, 0.2) is 0 Å². The molecule has 0 saturated carbocycles. The van der Waals surface area contributed by atoms with Crippen molar-refractivity contribution in [2.75, 3.05) is 12.3 Å². The van der Waals surface area contributed by atoms with E-state index in [1.807, 2.05) is 24.3 Å². The maximum atomic E-state index is 11.7. The molecule has 1 aromatic rings. The Morgan fingerprint density at radius 3 is 2.44 bits per heavy atom. The Hall–Kier alpha value is -1.51. The van der Waals surface area contributed by atoms with E-state index in [9.17, 15) is 4.79 Å². The number of aryl methyl sites for hydroxylation is 1. The van der Waals surface area contributed by atoms with Gasteiger partial charge in [0.2, 0.25) is 5.91 Å². The highest BCUT2D eigenvalue weighted by molar-refractivity contribution is 5.76. The highest BCUT2D eigenvalue weighted by Crippen LogP contribution is 2.17. The molecule has 1 amide bonds. The number of carbonyl (C=O) groups excluding carboxylic acids is 1. The standard InChI is InChI=1S/C15H24N2O/c1-4-15(2,3)11-17-14(18)10-7-12-5-8-13(16)9-6-12/h5-6,8-9H,4,7,10-11,16H2,1-3H3,(H,17,18). The van der Waals surface area contributed by atoms with Crippen LogP contribution in [0.15, 0.2) is 24.3 Å². The van der Waals surface area contributed by atoms with Gasteiger partial charge in [0.05, 0.1) is 0 Å². The second-order valence-electron chi connectivity index (χ2n) is 5.54. The number of nitrogens with two attached hydrogens (primary N) is 1. The summed E-state index contributed by atoms with van der Waals surface area (Å²) in [5.41, 5.74) is 7.70. The lowest BCUT2D eigenvalue weighted by atomic mass is 9.90. The highest BCUT2D eigenvalue weighted by atomic mass is 16.1. The molecule has 1 rings (SSSR count). The van der Waals surface area contributed by atoms with Crippen molar-refractivity contribution in [3.05, 3.63) is 29.8 Å². The third kappa shape index (κ3) is 5.21. The van der Waals surface area contributed by atoms with Crippen molar-refractivity contribution in [3.63, 3.8) is 0 Å². The fraction of sp³-hybridized carbons (Fsp3) is 0.533. The van der Waals surface area contributed by atoms with E-state index in [0.717, 1.165) is 30.6 Å². The van der Waals surface area contributed by atoms with Crippen LogP contribution in [0.2, 0.25) is 0 Å². The number of nitrogen functional groups attached to an aromatic ring is 1. The van der Waals surface area contributed by atoms with Crippen LogP contribution in [0.5, 0.6) is 0 Å². The van der Waals surface area contributed by atoms with E-state index in [0.29, 0.717) is 6.42 Å². The third-order valence-electron chi connectivity index (χ3n) is 3.34. The lowest BCUT2D eigenvalue weighted by Gasteiger charge is -2.22. The second-order valence-corrected chi connectivity index (χ2v) is 5.54. The second kappa shape index (κ2) is 6.43. The summed E-state index contributed by atoms with van der Waals surface area (Å²) in [5, 5.41) is 2.99. The number of rotatable bonds is 6. The summed E-state index contributed by atoms with van der Waals surface area (Å²) in [6.07, 6.45) is 2.35. The number of hydrogen-bond donors (Lipinski definition) is 2. The van der Waals surface area contributed by atoms with Crippen molar-refractivity contribution in [1.29, 1.82) is 0 Å². The summed E-state index contributed by atoms with van der Waals surface area (Å²) >= 11 is 0. The van der Waals surface area contributed by atoms with Crippen LogP contribution in [0.1, 0.15) is 39.2 Å². The zero-order valence-electron chi connectivity index (χ0n) is 11.6. The van der Waals surface area contributed by atoms with E-state index in [1.165, 1.54) is 0 Å². The fourth-order valence-electron chi connectivity index (χ4n) is 1.49. The van der Waals surface area contributed by atoms with Gasteiger partial charge in [-0.3, -0.25) is 4.79 Å². The quantitative estimate of drug-likeness (QED) is 0.761. The third-order valence-corrected chi connectivity index (χ3v) is 3.34. The molecule has 0 radical (unpaired) electrons. The van der Waals surface area contributed by atoms with Gasteiger partial charge < -0.3 is 11.1 Å². The summed E-state index contributed by atoms with van der Waals surface area (Å²) in [6.45, 7) is 7.20. The minimum atomic E-state index is 0.119. The van der Waals surface area contributed by atoms with Crippen LogP contribution in [-0.4, -0.2) is 12.5 Å².